The van der Waals surface area contributed by atoms with Crippen molar-refractivity contribution in [2.75, 3.05) is 5.73 Å². The first kappa shape index (κ1) is 14.3. The highest BCUT2D eigenvalue weighted by molar-refractivity contribution is 6.13. The van der Waals surface area contributed by atoms with Gasteiger partial charge in [0.25, 0.3) is 0 Å². The highest BCUT2D eigenvalue weighted by Gasteiger charge is 2.19. The van der Waals surface area contributed by atoms with Crippen LogP contribution in [0.5, 0.6) is 0 Å². The van der Waals surface area contributed by atoms with Crippen molar-refractivity contribution in [3.8, 4) is 11.1 Å². The number of aliphatic carboxylic acids is 1. The standard InChI is InChI=1S/C17H14N4O3/c1-9-4-11(10-2-3-24-7-10)5-12-14-16(18)19-8-20-17(14)21(15(9)12)6-13(22)23/h2-5,7-8H,6H2,1H3,(H,22,23)(H2,18,19,20). The fourth-order valence-corrected chi connectivity index (χ4v) is 3.17. The number of nitrogens with two attached hydrogens (primary N) is 1. The zero-order valence-electron chi connectivity index (χ0n) is 12.9. The number of nitrogens with zero attached hydrogens (tertiary/aromatic N) is 3. The predicted octanol–water partition coefficient (Wildman–Crippen LogP) is 2.82. The largest absolute Gasteiger partial charge is 0.480 e. The van der Waals surface area contributed by atoms with Gasteiger partial charge in [0.2, 0.25) is 0 Å². The van der Waals surface area contributed by atoms with E-state index in [4.69, 9.17) is 10.2 Å². The Kier molecular flexibility index (Phi) is 3.02. The normalized spacial score (nSPS) is 11.4. The summed E-state index contributed by atoms with van der Waals surface area (Å²) in [6.45, 7) is 1.75. The number of anilines is 1. The summed E-state index contributed by atoms with van der Waals surface area (Å²) in [5, 5.41) is 10.8. The lowest BCUT2D eigenvalue weighted by Gasteiger charge is -2.07. The maximum absolute atomic E-state index is 11.3. The molecule has 4 rings (SSSR count). The highest BCUT2D eigenvalue weighted by atomic mass is 16.4. The van der Waals surface area contributed by atoms with Crippen LogP contribution >= 0.6 is 0 Å². The summed E-state index contributed by atoms with van der Waals surface area (Å²) >= 11 is 0. The highest BCUT2D eigenvalue weighted by Crippen LogP contribution is 2.36. The Bertz CT molecular complexity index is 1080. The average molecular weight is 322 g/mol. The van der Waals surface area contributed by atoms with Gasteiger partial charge in [-0.15, -0.1) is 0 Å². The molecule has 0 bridgehead atoms. The minimum absolute atomic E-state index is 0.192. The van der Waals surface area contributed by atoms with E-state index in [1.54, 1.807) is 17.1 Å². The molecule has 0 atom stereocenters. The summed E-state index contributed by atoms with van der Waals surface area (Å²) in [6, 6.07) is 5.83. The fourth-order valence-electron chi connectivity index (χ4n) is 3.17. The number of hydrogen-bond acceptors (Lipinski definition) is 5. The lowest BCUT2D eigenvalue weighted by Crippen LogP contribution is -2.09. The monoisotopic (exact) mass is 322 g/mol. The molecule has 0 aliphatic carbocycles. The van der Waals surface area contributed by atoms with E-state index in [0.29, 0.717) is 16.9 Å². The first-order valence-corrected chi connectivity index (χ1v) is 7.33. The van der Waals surface area contributed by atoms with Crippen molar-refractivity contribution in [3.63, 3.8) is 0 Å². The molecular weight excluding hydrogens is 308 g/mol. The van der Waals surface area contributed by atoms with Crippen LogP contribution in [0.25, 0.3) is 33.1 Å². The zero-order valence-corrected chi connectivity index (χ0v) is 12.9. The lowest BCUT2D eigenvalue weighted by atomic mass is 10.0. The quantitative estimate of drug-likeness (QED) is 0.600. The number of carbonyl (C=O) groups is 1. The molecule has 3 aromatic heterocycles. The number of hydrogen-bond donors (Lipinski definition) is 2. The van der Waals surface area contributed by atoms with E-state index in [9.17, 15) is 9.90 Å². The maximum Gasteiger partial charge on any atom is 0.323 e. The minimum atomic E-state index is -0.940. The van der Waals surface area contributed by atoms with E-state index in [1.165, 1.54) is 6.33 Å². The summed E-state index contributed by atoms with van der Waals surface area (Å²) < 4.78 is 6.82. The summed E-state index contributed by atoms with van der Waals surface area (Å²) in [7, 11) is 0. The van der Waals surface area contributed by atoms with Crippen molar-refractivity contribution >= 4 is 33.7 Å². The van der Waals surface area contributed by atoms with Crippen molar-refractivity contribution in [1.29, 1.82) is 0 Å². The number of benzene rings is 1. The molecule has 0 aliphatic heterocycles. The SMILES string of the molecule is Cc1cc(-c2ccoc2)cc2c3c(N)ncnc3n(CC(=O)O)c12. The number of fused-ring (bicyclic) bond motifs is 3. The van der Waals surface area contributed by atoms with Gasteiger partial charge in [-0.2, -0.15) is 0 Å². The number of carboxylic acid groups (broad SMARTS) is 1. The van der Waals surface area contributed by atoms with Crippen LogP contribution in [0, 0.1) is 6.92 Å². The van der Waals surface area contributed by atoms with Gasteiger partial charge >= 0.3 is 5.97 Å². The van der Waals surface area contributed by atoms with Crippen LogP contribution in [0.2, 0.25) is 0 Å². The molecule has 120 valence electrons. The molecule has 24 heavy (non-hydrogen) atoms. The zero-order chi connectivity index (χ0) is 16.8. The number of aryl methyl sites for hydroxylation is 1. The molecule has 0 saturated heterocycles. The van der Waals surface area contributed by atoms with Crippen molar-refractivity contribution in [3.05, 3.63) is 42.6 Å². The van der Waals surface area contributed by atoms with Crippen LogP contribution in [0.15, 0.2) is 41.5 Å². The molecule has 1 aromatic carbocycles. The first-order chi connectivity index (χ1) is 11.6. The molecule has 3 heterocycles. The third-order valence-corrected chi connectivity index (χ3v) is 4.10. The van der Waals surface area contributed by atoms with Crippen LogP contribution in [0.4, 0.5) is 5.82 Å². The van der Waals surface area contributed by atoms with Gasteiger partial charge in [0, 0.05) is 10.9 Å². The van der Waals surface area contributed by atoms with Crippen molar-refractivity contribution in [2.45, 2.75) is 13.5 Å². The Labute approximate surface area is 136 Å². The molecule has 7 nitrogen and oxygen atoms in total. The molecule has 4 aromatic rings. The maximum atomic E-state index is 11.3. The van der Waals surface area contributed by atoms with Gasteiger partial charge in [-0.05, 0) is 36.2 Å². The van der Waals surface area contributed by atoms with Gasteiger partial charge in [-0.3, -0.25) is 4.79 Å². The molecule has 0 aliphatic rings. The van der Waals surface area contributed by atoms with Gasteiger partial charge in [-0.1, -0.05) is 0 Å². The number of nitrogen functional groups attached to an aromatic ring is 1. The molecule has 0 amide bonds. The van der Waals surface area contributed by atoms with E-state index < -0.39 is 5.97 Å². The first-order valence-electron chi connectivity index (χ1n) is 7.33. The predicted molar refractivity (Wildman–Crippen MR) is 89.5 cm³/mol. The van der Waals surface area contributed by atoms with E-state index in [-0.39, 0.29) is 6.54 Å². The second kappa shape index (κ2) is 5.09. The molecular formula is C17H14N4O3. The van der Waals surface area contributed by atoms with Crippen LogP contribution < -0.4 is 5.73 Å². The molecule has 7 heteroatoms. The van der Waals surface area contributed by atoms with E-state index >= 15 is 0 Å². The molecule has 3 N–H and O–H groups in total. The van der Waals surface area contributed by atoms with Crippen LogP contribution in [0.3, 0.4) is 0 Å². The number of rotatable bonds is 3. The number of carboxylic acids is 1. The van der Waals surface area contributed by atoms with E-state index in [0.717, 1.165) is 27.6 Å². The van der Waals surface area contributed by atoms with Gasteiger partial charge in [0.15, 0.2) is 0 Å². The van der Waals surface area contributed by atoms with Gasteiger partial charge in [0.1, 0.15) is 24.3 Å². The fraction of sp³-hybridized carbons (Fsp3) is 0.118. The molecule has 0 saturated carbocycles. The Morgan fingerprint density at radius 2 is 2.17 bits per heavy atom. The number of furan rings is 1. The van der Waals surface area contributed by atoms with Gasteiger partial charge < -0.3 is 19.8 Å². The third kappa shape index (κ3) is 2.02. The van der Waals surface area contributed by atoms with Crippen molar-refractivity contribution in [2.24, 2.45) is 0 Å². The number of aromatic nitrogens is 3. The molecule has 0 fully saturated rings. The third-order valence-electron chi connectivity index (χ3n) is 4.10. The van der Waals surface area contributed by atoms with Crippen LogP contribution in [0.1, 0.15) is 5.56 Å². The summed E-state index contributed by atoms with van der Waals surface area (Å²) in [5.41, 5.74) is 10.2. The Hall–Kier alpha value is -3.35. The van der Waals surface area contributed by atoms with E-state index in [1.807, 2.05) is 25.1 Å². The van der Waals surface area contributed by atoms with Crippen LogP contribution in [-0.4, -0.2) is 25.6 Å². The van der Waals surface area contributed by atoms with Crippen LogP contribution in [-0.2, 0) is 11.3 Å². The molecule has 0 radical (unpaired) electrons. The van der Waals surface area contributed by atoms with Gasteiger partial charge in [0.05, 0.1) is 23.4 Å². The summed E-state index contributed by atoms with van der Waals surface area (Å²) in [4.78, 5) is 19.6. The van der Waals surface area contributed by atoms with Gasteiger partial charge in [-0.25, -0.2) is 9.97 Å². The van der Waals surface area contributed by atoms with Crippen molar-refractivity contribution in [1.82, 2.24) is 14.5 Å². The molecule has 0 unspecified atom stereocenters. The Morgan fingerprint density at radius 3 is 2.88 bits per heavy atom. The summed E-state index contributed by atoms with van der Waals surface area (Å²) in [5.74, 6) is -0.609. The average Bonchev–Trinajstić information content (AvgIpc) is 3.15. The topological polar surface area (TPSA) is 107 Å². The van der Waals surface area contributed by atoms with Crippen molar-refractivity contribution < 1.29 is 14.3 Å². The van der Waals surface area contributed by atoms with E-state index in [2.05, 4.69) is 9.97 Å². The second-order valence-corrected chi connectivity index (χ2v) is 5.64. The lowest BCUT2D eigenvalue weighted by molar-refractivity contribution is -0.137. The Balaban J connectivity index is 2.15. The minimum Gasteiger partial charge on any atom is -0.480 e. The summed E-state index contributed by atoms with van der Waals surface area (Å²) in [6.07, 6.45) is 4.62. The smallest absolute Gasteiger partial charge is 0.323 e. The second-order valence-electron chi connectivity index (χ2n) is 5.64. The Morgan fingerprint density at radius 1 is 1.33 bits per heavy atom. The molecule has 0 spiro atoms.